The van der Waals surface area contributed by atoms with Gasteiger partial charge < -0.3 is 0 Å². The van der Waals surface area contributed by atoms with Crippen molar-refractivity contribution in [2.45, 2.75) is 0 Å². The minimum Gasteiger partial charge on any atom is -0.152 e. The zero-order valence-corrected chi connectivity index (χ0v) is 6.45. The average molecular weight is 124 g/mol. The van der Waals surface area contributed by atoms with Crippen molar-refractivity contribution in [3.63, 3.8) is 0 Å². The van der Waals surface area contributed by atoms with Crippen molar-refractivity contribution in [1.82, 2.24) is 0 Å². The van der Waals surface area contributed by atoms with Gasteiger partial charge in [-0.3, -0.25) is 0 Å². The molecule has 0 spiro atoms. The van der Waals surface area contributed by atoms with Gasteiger partial charge >= 0.3 is 0 Å². The Morgan fingerprint density at radius 1 is 1.00 bits per heavy atom. The van der Waals surface area contributed by atoms with Gasteiger partial charge in [0.25, 0.3) is 0 Å². The van der Waals surface area contributed by atoms with Crippen LogP contribution in [0.4, 0.5) is 0 Å². The normalized spacial score (nSPS) is 6.67. The molecule has 0 aromatic carbocycles. The molecular formula is C4H4CaS. The van der Waals surface area contributed by atoms with Gasteiger partial charge in [-0.15, -0.1) is 0 Å². The van der Waals surface area contributed by atoms with Crippen molar-refractivity contribution in [1.29, 1.82) is 0 Å². The third-order valence-electron chi connectivity index (χ3n) is 0.425. The van der Waals surface area contributed by atoms with Crippen LogP contribution in [-0.4, -0.2) is 37.7 Å². The fourth-order valence-electron chi connectivity index (χ4n) is 0.227. The first-order chi connectivity index (χ1) is 2.50. The predicted octanol–water partition coefficient (Wildman–Crippen LogP) is 1.37. The summed E-state index contributed by atoms with van der Waals surface area (Å²) >= 11 is 1.71. The van der Waals surface area contributed by atoms with Gasteiger partial charge in [0.2, 0.25) is 0 Å². The van der Waals surface area contributed by atoms with Gasteiger partial charge in [-0.2, -0.15) is 11.3 Å². The van der Waals surface area contributed by atoms with E-state index in [0.717, 1.165) is 0 Å². The van der Waals surface area contributed by atoms with E-state index in [4.69, 9.17) is 0 Å². The van der Waals surface area contributed by atoms with E-state index < -0.39 is 0 Å². The van der Waals surface area contributed by atoms with Crippen LogP contribution in [0.15, 0.2) is 22.9 Å². The Hall–Kier alpha value is 0.960. The van der Waals surface area contributed by atoms with Crippen molar-refractivity contribution in [3.8, 4) is 0 Å². The van der Waals surface area contributed by atoms with Crippen LogP contribution in [0.5, 0.6) is 0 Å². The summed E-state index contributed by atoms with van der Waals surface area (Å²) in [5, 5.41) is 4.08. The van der Waals surface area contributed by atoms with Crippen LogP contribution >= 0.6 is 11.3 Å². The molecule has 0 saturated heterocycles. The third kappa shape index (κ3) is 2.19. The molecule has 0 aliphatic rings. The fraction of sp³-hybridized carbons (Fsp3) is 0. The standard InChI is InChI=1S/C4H4S.Ca/c1-2-4-5-3-1;/h1-4H;. The molecule has 1 heterocycles. The quantitative estimate of drug-likeness (QED) is 0.458. The summed E-state index contributed by atoms with van der Waals surface area (Å²) in [4.78, 5) is 0. The maximum absolute atomic E-state index is 2.04. The van der Waals surface area contributed by atoms with Crippen LogP contribution in [0.1, 0.15) is 0 Å². The summed E-state index contributed by atoms with van der Waals surface area (Å²) < 4.78 is 0. The average Bonchev–Trinajstić information content (AvgIpc) is 1.76. The second-order valence-electron chi connectivity index (χ2n) is 0.793. The molecule has 2 heteroatoms. The van der Waals surface area contributed by atoms with Gasteiger partial charge in [0.15, 0.2) is 0 Å². The zero-order chi connectivity index (χ0) is 3.54. The summed E-state index contributed by atoms with van der Waals surface area (Å²) in [5.41, 5.74) is 0. The maximum Gasteiger partial charge on any atom is 0 e. The van der Waals surface area contributed by atoms with Crippen LogP contribution in [0, 0.1) is 0 Å². The molecule has 1 aromatic rings. The van der Waals surface area contributed by atoms with Crippen LogP contribution in [0.3, 0.4) is 0 Å². The third-order valence-corrected chi connectivity index (χ3v) is 1.05. The maximum atomic E-state index is 2.04. The molecule has 0 fully saturated rings. The number of rotatable bonds is 0. The number of hydrogen-bond acceptors (Lipinski definition) is 1. The van der Waals surface area contributed by atoms with Crippen LogP contribution in [0.2, 0.25) is 0 Å². The first-order valence-corrected chi connectivity index (χ1v) is 2.41. The van der Waals surface area contributed by atoms with E-state index in [-0.39, 0.29) is 37.7 Å². The van der Waals surface area contributed by atoms with Gasteiger partial charge in [-0.05, 0) is 10.8 Å². The van der Waals surface area contributed by atoms with E-state index in [0.29, 0.717) is 0 Å². The molecular weight excluding hydrogens is 120 g/mol. The second-order valence-corrected chi connectivity index (χ2v) is 1.61. The van der Waals surface area contributed by atoms with Crippen molar-refractivity contribution in [2.75, 3.05) is 0 Å². The molecule has 1 aromatic heterocycles. The van der Waals surface area contributed by atoms with Gasteiger partial charge in [0, 0.05) is 37.7 Å². The molecule has 0 nitrogen and oxygen atoms in total. The predicted molar refractivity (Wildman–Crippen MR) is 30.1 cm³/mol. The molecule has 6 heavy (non-hydrogen) atoms. The summed E-state index contributed by atoms with van der Waals surface area (Å²) in [6.45, 7) is 0. The van der Waals surface area contributed by atoms with Crippen molar-refractivity contribution in [2.24, 2.45) is 0 Å². The summed E-state index contributed by atoms with van der Waals surface area (Å²) in [6, 6.07) is 4.04. The first-order valence-electron chi connectivity index (χ1n) is 1.47. The van der Waals surface area contributed by atoms with Crippen LogP contribution in [0.25, 0.3) is 0 Å². The number of hydrogen-bond donors (Lipinski definition) is 0. The molecule has 0 aliphatic heterocycles. The molecule has 0 bridgehead atoms. The Bertz CT molecular complexity index is 64.0. The van der Waals surface area contributed by atoms with Gasteiger partial charge in [0.1, 0.15) is 0 Å². The Morgan fingerprint density at radius 3 is 1.67 bits per heavy atom. The summed E-state index contributed by atoms with van der Waals surface area (Å²) in [6.07, 6.45) is 0. The summed E-state index contributed by atoms with van der Waals surface area (Å²) in [5.74, 6) is 0. The largest absolute Gasteiger partial charge is 0.152 e. The monoisotopic (exact) mass is 124 g/mol. The van der Waals surface area contributed by atoms with E-state index in [2.05, 4.69) is 0 Å². The molecule has 0 atom stereocenters. The summed E-state index contributed by atoms with van der Waals surface area (Å²) in [7, 11) is 0. The van der Waals surface area contributed by atoms with E-state index in [1.807, 2.05) is 22.9 Å². The Kier molecular flexibility index (Phi) is 4.79. The van der Waals surface area contributed by atoms with E-state index in [9.17, 15) is 0 Å². The molecule has 0 unspecified atom stereocenters. The topological polar surface area (TPSA) is 0 Å². The van der Waals surface area contributed by atoms with Gasteiger partial charge in [-0.25, -0.2) is 0 Å². The van der Waals surface area contributed by atoms with Gasteiger partial charge in [0.05, 0.1) is 0 Å². The molecule has 0 aliphatic carbocycles. The molecule has 2 radical (unpaired) electrons. The first kappa shape index (κ1) is 6.96. The minimum absolute atomic E-state index is 0. The SMILES string of the molecule is [Ca].c1ccsc1. The van der Waals surface area contributed by atoms with E-state index >= 15 is 0 Å². The molecule has 0 N–H and O–H groups in total. The van der Waals surface area contributed by atoms with Crippen molar-refractivity contribution < 1.29 is 0 Å². The van der Waals surface area contributed by atoms with Gasteiger partial charge in [-0.1, -0.05) is 12.1 Å². The Morgan fingerprint density at radius 2 is 1.50 bits per heavy atom. The second kappa shape index (κ2) is 4.13. The minimum atomic E-state index is 0. The molecule has 0 amide bonds. The van der Waals surface area contributed by atoms with E-state index in [1.165, 1.54) is 0 Å². The number of thiophene rings is 1. The Balaban J connectivity index is 0.000000250. The fourth-order valence-corrected chi connectivity index (χ4v) is 0.680. The Labute approximate surface area is 71.2 Å². The van der Waals surface area contributed by atoms with Crippen LogP contribution in [-0.2, 0) is 0 Å². The van der Waals surface area contributed by atoms with Crippen LogP contribution < -0.4 is 0 Å². The van der Waals surface area contributed by atoms with E-state index in [1.54, 1.807) is 11.3 Å². The molecule has 28 valence electrons. The zero-order valence-electron chi connectivity index (χ0n) is 3.42. The van der Waals surface area contributed by atoms with Crippen molar-refractivity contribution in [3.05, 3.63) is 22.9 Å². The molecule has 0 saturated carbocycles. The van der Waals surface area contributed by atoms with Crippen molar-refractivity contribution >= 4 is 49.1 Å². The molecule has 1 rings (SSSR count). The smallest absolute Gasteiger partial charge is 0 e.